The van der Waals surface area contributed by atoms with Gasteiger partial charge in [-0.05, 0) is 42.0 Å². The predicted octanol–water partition coefficient (Wildman–Crippen LogP) is 5.81. The first-order valence-electron chi connectivity index (χ1n) is 9.85. The lowest BCUT2D eigenvalue weighted by atomic mass is 10.1. The molecule has 0 aliphatic carbocycles. The summed E-state index contributed by atoms with van der Waals surface area (Å²) in [6.45, 7) is 0. The zero-order valence-electron chi connectivity index (χ0n) is 18.3. The molecule has 3 aromatic rings. The molecule has 3 rings (SSSR count). The summed E-state index contributed by atoms with van der Waals surface area (Å²) in [5.74, 6) is -2.17. The van der Waals surface area contributed by atoms with E-state index in [-0.39, 0.29) is 44.1 Å². The Morgan fingerprint density at radius 1 is 1.11 bits per heavy atom. The molecule has 36 heavy (non-hydrogen) atoms. The van der Waals surface area contributed by atoms with Crippen molar-refractivity contribution in [2.24, 2.45) is 0 Å². The van der Waals surface area contributed by atoms with Crippen LogP contribution in [0.2, 0.25) is 10.0 Å². The average Bonchev–Trinajstić information content (AvgIpc) is 2.85. The topological polar surface area (TPSA) is 132 Å². The van der Waals surface area contributed by atoms with Crippen LogP contribution in [-0.4, -0.2) is 23.9 Å². The molecule has 0 aromatic heterocycles. The van der Waals surface area contributed by atoms with Crippen molar-refractivity contribution in [3.63, 3.8) is 0 Å². The second kappa shape index (κ2) is 11.3. The van der Waals surface area contributed by atoms with Crippen molar-refractivity contribution in [1.29, 1.82) is 5.26 Å². The standard InChI is InChI=1S/C24H14Cl2FN3O6/c1-35-21-8-13(5-6-20(21)36-24(32)14-3-2-4-16(27)9-14)7-15(12-28)23(31)29-22-18(25)10-17(30(33)34)11-19(22)26/h2-11H,1H3,(H,29,31)/b15-7+. The zero-order valence-corrected chi connectivity index (χ0v) is 19.8. The van der Waals surface area contributed by atoms with Crippen molar-refractivity contribution >= 4 is 52.5 Å². The van der Waals surface area contributed by atoms with Crippen molar-refractivity contribution in [1.82, 2.24) is 0 Å². The summed E-state index contributed by atoms with van der Waals surface area (Å²) in [7, 11) is 1.32. The van der Waals surface area contributed by atoms with E-state index in [4.69, 9.17) is 32.7 Å². The number of amides is 1. The third-order valence-corrected chi connectivity index (χ3v) is 5.20. The maximum atomic E-state index is 13.4. The molecule has 12 heteroatoms. The summed E-state index contributed by atoms with van der Waals surface area (Å²) in [6, 6.07) is 12.9. The van der Waals surface area contributed by atoms with Crippen LogP contribution < -0.4 is 14.8 Å². The number of benzene rings is 3. The number of carbonyl (C=O) groups is 2. The largest absolute Gasteiger partial charge is 0.493 e. The Morgan fingerprint density at radius 3 is 2.39 bits per heavy atom. The number of esters is 1. The van der Waals surface area contributed by atoms with E-state index in [2.05, 4.69) is 5.32 Å². The molecule has 3 aromatic carbocycles. The first-order valence-corrected chi connectivity index (χ1v) is 10.6. The van der Waals surface area contributed by atoms with E-state index >= 15 is 0 Å². The van der Waals surface area contributed by atoms with E-state index in [0.29, 0.717) is 5.56 Å². The van der Waals surface area contributed by atoms with Crippen LogP contribution in [0.1, 0.15) is 15.9 Å². The average molecular weight is 530 g/mol. The molecule has 0 heterocycles. The van der Waals surface area contributed by atoms with E-state index in [0.717, 1.165) is 18.2 Å². The molecule has 0 aliphatic rings. The number of nitrogens with one attached hydrogen (secondary N) is 1. The van der Waals surface area contributed by atoms with Gasteiger partial charge in [0, 0.05) is 12.1 Å². The zero-order chi connectivity index (χ0) is 26.4. The van der Waals surface area contributed by atoms with Crippen LogP contribution in [0.4, 0.5) is 15.8 Å². The number of carbonyl (C=O) groups excluding carboxylic acids is 2. The molecule has 0 radical (unpaired) electrons. The summed E-state index contributed by atoms with van der Waals surface area (Å²) in [5.41, 5.74) is -0.498. The van der Waals surface area contributed by atoms with Gasteiger partial charge in [-0.25, -0.2) is 9.18 Å². The van der Waals surface area contributed by atoms with Crippen LogP contribution in [0, 0.1) is 27.3 Å². The Kier molecular flexibility index (Phi) is 8.22. The van der Waals surface area contributed by atoms with E-state index < -0.39 is 22.6 Å². The highest BCUT2D eigenvalue weighted by molar-refractivity contribution is 6.40. The van der Waals surface area contributed by atoms with Crippen LogP contribution in [-0.2, 0) is 4.79 Å². The van der Waals surface area contributed by atoms with E-state index in [1.165, 1.54) is 49.6 Å². The van der Waals surface area contributed by atoms with E-state index in [1.807, 2.05) is 0 Å². The fraction of sp³-hybridized carbons (Fsp3) is 0.0417. The number of hydrogen-bond donors (Lipinski definition) is 1. The van der Waals surface area contributed by atoms with Gasteiger partial charge in [0.25, 0.3) is 11.6 Å². The molecule has 182 valence electrons. The third-order valence-electron chi connectivity index (χ3n) is 4.60. The minimum atomic E-state index is -0.879. The SMILES string of the molecule is COc1cc(/C=C(\C#N)C(=O)Nc2c(Cl)cc([N+](=O)[O-])cc2Cl)ccc1OC(=O)c1cccc(F)c1. The minimum Gasteiger partial charge on any atom is -0.493 e. The van der Waals surface area contributed by atoms with Gasteiger partial charge in [0.1, 0.15) is 17.5 Å². The summed E-state index contributed by atoms with van der Waals surface area (Å²) in [5, 5.41) is 22.4. The molecule has 1 amide bonds. The molecule has 0 saturated carbocycles. The molecular weight excluding hydrogens is 516 g/mol. The van der Waals surface area contributed by atoms with Crippen molar-refractivity contribution < 1.29 is 28.4 Å². The highest BCUT2D eigenvalue weighted by Gasteiger charge is 2.19. The van der Waals surface area contributed by atoms with Crippen LogP contribution in [0.3, 0.4) is 0 Å². The van der Waals surface area contributed by atoms with Gasteiger partial charge >= 0.3 is 5.97 Å². The Morgan fingerprint density at radius 2 is 1.81 bits per heavy atom. The molecule has 0 saturated heterocycles. The number of ether oxygens (including phenoxy) is 2. The van der Waals surface area contributed by atoms with Gasteiger partial charge in [-0.3, -0.25) is 14.9 Å². The minimum absolute atomic E-state index is 0.00645. The first-order chi connectivity index (χ1) is 17.1. The normalized spacial score (nSPS) is 10.8. The van der Waals surface area contributed by atoms with Gasteiger partial charge in [0.05, 0.1) is 33.3 Å². The molecule has 0 spiro atoms. The number of nitriles is 1. The first kappa shape index (κ1) is 26.2. The number of methoxy groups -OCH3 is 1. The number of hydrogen-bond acceptors (Lipinski definition) is 7. The fourth-order valence-corrected chi connectivity index (χ4v) is 3.48. The van der Waals surface area contributed by atoms with Gasteiger partial charge < -0.3 is 14.8 Å². The molecule has 1 N–H and O–H groups in total. The lowest BCUT2D eigenvalue weighted by Crippen LogP contribution is -2.14. The monoisotopic (exact) mass is 529 g/mol. The molecular formula is C24H14Cl2FN3O6. The number of rotatable bonds is 7. The van der Waals surface area contributed by atoms with Gasteiger partial charge in [0.2, 0.25) is 0 Å². The van der Waals surface area contributed by atoms with E-state index in [9.17, 15) is 29.4 Å². The molecule has 9 nitrogen and oxygen atoms in total. The quantitative estimate of drug-likeness (QED) is 0.102. The lowest BCUT2D eigenvalue weighted by Gasteiger charge is -2.11. The van der Waals surface area contributed by atoms with Gasteiger partial charge in [0.15, 0.2) is 11.5 Å². The number of nitro groups is 1. The van der Waals surface area contributed by atoms with Gasteiger partial charge in [-0.2, -0.15) is 5.26 Å². The van der Waals surface area contributed by atoms with Crippen LogP contribution in [0.5, 0.6) is 11.5 Å². The second-order valence-corrected chi connectivity index (χ2v) is 7.79. The summed E-state index contributed by atoms with van der Waals surface area (Å²) >= 11 is 12.0. The second-order valence-electron chi connectivity index (χ2n) is 6.98. The smallest absolute Gasteiger partial charge is 0.343 e. The van der Waals surface area contributed by atoms with Crippen molar-refractivity contribution in [2.75, 3.05) is 12.4 Å². The third kappa shape index (κ3) is 6.15. The number of anilines is 1. The Hall–Kier alpha value is -4.46. The van der Waals surface area contributed by atoms with Crippen LogP contribution in [0.15, 0.2) is 60.2 Å². The van der Waals surface area contributed by atoms with Crippen LogP contribution >= 0.6 is 23.2 Å². The maximum absolute atomic E-state index is 13.4. The Labute approximate surface area is 213 Å². The predicted molar refractivity (Wildman–Crippen MR) is 130 cm³/mol. The fourth-order valence-electron chi connectivity index (χ4n) is 2.91. The molecule has 0 atom stereocenters. The van der Waals surface area contributed by atoms with Crippen molar-refractivity contribution in [3.05, 3.63) is 97.3 Å². The number of nitro benzene ring substituents is 1. The summed E-state index contributed by atoms with van der Waals surface area (Å²) in [4.78, 5) is 35.2. The number of nitrogens with zero attached hydrogens (tertiary/aromatic N) is 2. The summed E-state index contributed by atoms with van der Waals surface area (Å²) in [6.07, 6.45) is 1.23. The van der Waals surface area contributed by atoms with Crippen molar-refractivity contribution in [3.8, 4) is 17.6 Å². The lowest BCUT2D eigenvalue weighted by molar-refractivity contribution is -0.384. The molecule has 0 unspecified atom stereocenters. The Balaban J connectivity index is 1.83. The molecule has 0 fully saturated rings. The molecule has 0 bridgehead atoms. The van der Waals surface area contributed by atoms with E-state index in [1.54, 1.807) is 6.07 Å². The van der Waals surface area contributed by atoms with Crippen LogP contribution in [0.25, 0.3) is 6.08 Å². The molecule has 0 aliphatic heterocycles. The van der Waals surface area contributed by atoms with Crippen molar-refractivity contribution in [2.45, 2.75) is 0 Å². The van der Waals surface area contributed by atoms with Gasteiger partial charge in [-0.15, -0.1) is 0 Å². The Bertz CT molecular complexity index is 1430. The number of non-ortho nitro benzene ring substituents is 1. The summed E-state index contributed by atoms with van der Waals surface area (Å²) < 4.78 is 23.9. The highest BCUT2D eigenvalue weighted by Crippen LogP contribution is 2.35. The van der Waals surface area contributed by atoms with Gasteiger partial charge in [-0.1, -0.05) is 35.3 Å². The number of halogens is 3. The maximum Gasteiger partial charge on any atom is 0.343 e. The highest BCUT2D eigenvalue weighted by atomic mass is 35.5.